The molecule has 0 spiro atoms. The van der Waals surface area contributed by atoms with Gasteiger partial charge in [-0.1, -0.05) is 31.2 Å². The van der Waals surface area contributed by atoms with Crippen molar-refractivity contribution in [3.63, 3.8) is 0 Å². The molecule has 1 aliphatic rings. The number of likely N-dealkylation sites (tertiary alicyclic amines) is 1. The van der Waals surface area contributed by atoms with Gasteiger partial charge >= 0.3 is 5.97 Å². The highest BCUT2D eigenvalue weighted by Crippen LogP contribution is 2.18. The van der Waals surface area contributed by atoms with Gasteiger partial charge in [-0.15, -0.1) is 0 Å². The Morgan fingerprint density at radius 1 is 1.35 bits per heavy atom. The molecule has 2 rings (SSSR count). The molecular formula is C14H19NO2. The Morgan fingerprint density at radius 3 is 2.53 bits per heavy atom. The summed E-state index contributed by atoms with van der Waals surface area (Å²) in [6, 6.07) is 7.93. The standard InChI is InChI=1S/C14H19NO2/c1-11-6-7-15(9-11)10-13-4-2-12(3-5-13)8-14(16)17/h2-5,11H,6-10H2,1H3,(H,16,17). The number of carboxylic acid groups (broad SMARTS) is 1. The number of carboxylic acids is 1. The van der Waals surface area contributed by atoms with E-state index in [-0.39, 0.29) is 6.42 Å². The maximum absolute atomic E-state index is 10.6. The zero-order chi connectivity index (χ0) is 12.3. The van der Waals surface area contributed by atoms with Crippen molar-refractivity contribution in [3.8, 4) is 0 Å². The van der Waals surface area contributed by atoms with Crippen LogP contribution in [0.15, 0.2) is 24.3 Å². The second-order valence-electron chi connectivity index (χ2n) is 5.02. The van der Waals surface area contributed by atoms with Crippen molar-refractivity contribution >= 4 is 5.97 Å². The summed E-state index contributed by atoms with van der Waals surface area (Å²) in [4.78, 5) is 13.0. The van der Waals surface area contributed by atoms with Gasteiger partial charge in [0.2, 0.25) is 0 Å². The Balaban J connectivity index is 1.91. The third-order valence-electron chi connectivity index (χ3n) is 3.29. The number of hydrogen-bond donors (Lipinski definition) is 1. The molecule has 1 atom stereocenters. The minimum Gasteiger partial charge on any atom is -0.481 e. The first-order chi connectivity index (χ1) is 8.13. The number of benzene rings is 1. The summed E-state index contributed by atoms with van der Waals surface area (Å²) in [6.07, 6.45) is 1.40. The van der Waals surface area contributed by atoms with E-state index in [2.05, 4.69) is 11.8 Å². The monoisotopic (exact) mass is 233 g/mol. The number of hydrogen-bond acceptors (Lipinski definition) is 2. The maximum Gasteiger partial charge on any atom is 0.307 e. The highest BCUT2D eigenvalue weighted by Gasteiger charge is 2.18. The molecule has 1 saturated heterocycles. The van der Waals surface area contributed by atoms with Crippen LogP contribution in [0.5, 0.6) is 0 Å². The Bertz CT molecular complexity index is 386. The number of nitrogens with zero attached hydrogens (tertiary/aromatic N) is 1. The lowest BCUT2D eigenvalue weighted by Crippen LogP contribution is -2.19. The van der Waals surface area contributed by atoms with E-state index in [9.17, 15) is 4.79 Å². The third-order valence-corrected chi connectivity index (χ3v) is 3.29. The van der Waals surface area contributed by atoms with Gasteiger partial charge in [-0.05, 0) is 30.0 Å². The normalized spacial score (nSPS) is 20.6. The second kappa shape index (κ2) is 5.32. The van der Waals surface area contributed by atoms with Crippen molar-refractivity contribution in [1.29, 1.82) is 0 Å². The van der Waals surface area contributed by atoms with Crippen LogP contribution < -0.4 is 0 Å². The predicted molar refractivity (Wildman–Crippen MR) is 66.8 cm³/mol. The van der Waals surface area contributed by atoms with Crippen LogP contribution in [0.3, 0.4) is 0 Å². The molecule has 17 heavy (non-hydrogen) atoms. The topological polar surface area (TPSA) is 40.5 Å². The molecule has 0 bridgehead atoms. The van der Waals surface area contributed by atoms with Crippen LogP contribution in [0.1, 0.15) is 24.5 Å². The van der Waals surface area contributed by atoms with E-state index in [1.165, 1.54) is 25.1 Å². The van der Waals surface area contributed by atoms with Crippen LogP contribution in [0.25, 0.3) is 0 Å². The molecule has 1 aromatic carbocycles. The Labute approximate surface area is 102 Å². The lowest BCUT2D eigenvalue weighted by Gasteiger charge is -2.15. The lowest BCUT2D eigenvalue weighted by molar-refractivity contribution is -0.136. The van der Waals surface area contributed by atoms with E-state index in [4.69, 9.17) is 5.11 Å². The van der Waals surface area contributed by atoms with Crippen molar-refractivity contribution in [1.82, 2.24) is 4.90 Å². The summed E-state index contributed by atoms with van der Waals surface area (Å²) in [7, 11) is 0. The fourth-order valence-electron chi connectivity index (χ4n) is 2.37. The lowest BCUT2D eigenvalue weighted by atomic mass is 10.1. The SMILES string of the molecule is CC1CCN(Cc2ccc(CC(=O)O)cc2)C1. The van der Waals surface area contributed by atoms with Crippen molar-refractivity contribution in [3.05, 3.63) is 35.4 Å². The molecule has 1 heterocycles. The number of rotatable bonds is 4. The molecule has 0 amide bonds. The van der Waals surface area contributed by atoms with Gasteiger partial charge in [0.05, 0.1) is 6.42 Å². The second-order valence-corrected chi connectivity index (χ2v) is 5.02. The van der Waals surface area contributed by atoms with Gasteiger partial charge in [-0.2, -0.15) is 0 Å². The predicted octanol–water partition coefficient (Wildman–Crippen LogP) is 2.16. The van der Waals surface area contributed by atoms with Gasteiger partial charge in [0.1, 0.15) is 0 Å². The summed E-state index contributed by atoms with van der Waals surface area (Å²) >= 11 is 0. The zero-order valence-electron chi connectivity index (χ0n) is 10.2. The van der Waals surface area contributed by atoms with Crippen molar-refractivity contribution < 1.29 is 9.90 Å². The molecule has 0 aromatic heterocycles. The fourth-order valence-corrected chi connectivity index (χ4v) is 2.37. The van der Waals surface area contributed by atoms with Crippen LogP contribution in [0, 0.1) is 5.92 Å². The summed E-state index contributed by atoms with van der Waals surface area (Å²) in [5.41, 5.74) is 2.14. The summed E-state index contributed by atoms with van der Waals surface area (Å²) in [5, 5.41) is 8.69. The zero-order valence-corrected chi connectivity index (χ0v) is 10.2. The van der Waals surface area contributed by atoms with E-state index in [0.717, 1.165) is 18.0 Å². The van der Waals surface area contributed by atoms with E-state index >= 15 is 0 Å². The molecule has 1 aromatic rings. The van der Waals surface area contributed by atoms with Crippen molar-refractivity contribution in [2.75, 3.05) is 13.1 Å². The molecule has 1 unspecified atom stereocenters. The van der Waals surface area contributed by atoms with E-state index in [1.807, 2.05) is 24.3 Å². The van der Waals surface area contributed by atoms with Gasteiger partial charge in [0, 0.05) is 13.1 Å². The number of carbonyl (C=O) groups is 1. The van der Waals surface area contributed by atoms with Gasteiger partial charge in [-0.25, -0.2) is 0 Å². The first kappa shape index (κ1) is 12.1. The molecule has 0 aliphatic carbocycles. The van der Waals surface area contributed by atoms with Crippen molar-refractivity contribution in [2.24, 2.45) is 5.92 Å². The van der Waals surface area contributed by atoms with Crippen LogP contribution in [-0.2, 0) is 17.8 Å². The molecular weight excluding hydrogens is 214 g/mol. The fraction of sp³-hybridized carbons (Fsp3) is 0.500. The van der Waals surface area contributed by atoms with Crippen LogP contribution in [-0.4, -0.2) is 29.1 Å². The Kier molecular flexibility index (Phi) is 3.79. The molecule has 1 fully saturated rings. The largest absolute Gasteiger partial charge is 0.481 e. The van der Waals surface area contributed by atoms with Gasteiger partial charge in [0.25, 0.3) is 0 Å². The maximum atomic E-state index is 10.6. The van der Waals surface area contributed by atoms with E-state index in [1.54, 1.807) is 0 Å². The summed E-state index contributed by atoms with van der Waals surface area (Å²) < 4.78 is 0. The molecule has 3 nitrogen and oxygen atoms in total. The quantitative estimate of drug-likeness (QED) is 0.866. The van der Waals surface area contributed by atoms with E-state index < -0.39 is 5.97 Å². The summed E-state index contributed by atoms with van der Waals surface area (Å²) in [6.45, 7) is 5.63. The number of aliphatic carboxylic acids is 1. The molecule has 92 valence electrons. The van der Waals surface area contributed by atoms with Crippen LogP contribution >= 0.6 is 0 Å². The smallest absolute Gasteiger partial charge is 0.307 e. The molecule has 0 saturated carbocycles. The molecule has 3 heteroatoms. The van der Waals surface area contributed by atoms with E-state index in [0.29, 0.717) is 0 Å². The third kappa shape index (κ3) is 3.56. The molecule has 0 radical (unpaired) electrons. The minimum absolute atomic E-state index is 0.112. The highest BCUT2D eigenvalue weighted by atomic mass is 16.4. The minimum atomic E-state index is -0.772. The van der Waals surface area contributed by atoms with Crippen LogP contribution in [0.2, 0.25) is 0 Å². The Morgan fingerprint density at radius 2 is 2.00 bits per heavy atom. The van der Waals surface area contributed by atoms with Gasteiger partial charge < -0.3 is 5.11 Å². The van der Waals surface area contributed by atoms with Gasteiger partial charge in [0.15, 0.2) is 0 Å². The van der Waals surface area contributed by atoms with Crippen molar-refractivity contribution in [2.45, 2.75) is 26.3 Å². The highest BCUT2D eigenvalue weighted by molar-refractivity contribution is 5.70. The van der Waals surface area contributed by atoms with Crippen LogP contribution in [0.4, 0.5) is 0 Å². The Hall–Kier alpha value is -1.35. The molecule has 1 N–H and O–H groups in total. The average molecular weight is 233 g/mol. The molecule has 1 aliphatic heterocycles. The first-order valence-electron chi connectivity index (χ1n) is 6.15. The van der Waals surface area contributed by atoms with Gasteiger partial charge in [-0.3, -0.25) is 9.69 Å². The summed E-state index contributed by atoms with van der Waals surface area (Å²) in [5.74, 6) is 0.0346. The first-order valence-corrected chi connectivity index (χ1v) is 6.15. The average Bonchev–Trinajstić information content (AvgIpc) is 2.66.